The molecule has 0 bridgehead atoms. The van der Waals surface area contributed by atoms with Gasteiger partial charge in [-0.3, -0.25) is 0 Å². The maximum Gasteiger partial charge on any atom is 0.0487 e. The van der Waals surface area contributed by atoms with Crippen LogP contribution >= 0.6 is 15.9 Å². The van der Waals surface area contributed by atoms with E-state index in [-0.39, 0.29) is 0 Å². The third-order valence-electron chi connectivity index (χ3n) is 4.22. The number of nitrogens with one attached hydrogen (secondary N) is 1. The van der Waals surface area contributed by atoms with E-state index in [9.17, 15) is 0 Å². The number of benzene rings is 2. The van der Waals surface area contributed by atoms with Gasteiger partial charge in [0.05, 0.1) is 0 Å². The van der Waals surface area contributed by atoms with Crippen LogP contribution in [0.15, 0.2) is 46.9 Å². The first kappa shape index (κ1) is 13.7. The molecule has 0 saturated carbocycles. The molecule has 1 N–H and O–H groups in total. The molecule has 0 heterocycles. The fourth-order valence-electron chi connectivity index (χ4n) is 3.08. The maximum absolute atomic E-state index is 3.67. The molecule has 0 aliphatic heterocycles. The molecule has 104 valence electrons. The van der Waals surface area contributed by atoms with Gasteiger partial charge in [-0.25, -0.2) is 0 Å². The summed E-state index contributed by atoms with van der Waals surface area (Å²) in [7, 11) is 0. The van der Waals surface area contributed by atoms with E-state index < -0.39 is 0 Å². The van der Waals surface area contributed by atoms with Crippen molar-refractivity contribution in [3.63, 3.8) is 0 Å². The molecule has 1 unspecified atom stereocenters. The lowest BCUT2D eigenvalue weighted by Gasteiger charge is -2.26. The number of aryl methyl sites for hydroxylation is 2. The van der Waals surface area contributed by atoms with E-state index >= 15 is 0 Å². The quantitative estimate of drug-likeness (QED) is 0.806. The zero-order valence-electron chi connectivity index (χ0n) is 11.8. The topological polar surface area (TPSA) is 12.0 Å². The molecule has 3 rings (SSSR count). The highest BCUT2D eigenvalue weighted by atomic mass is 79.9. The van der Waals surface area contributed by atoms with Crippen LogP contribution < -0.4 is 5.32 Å². The van der Waals surface area contributed by atoms with Crippen molar-refractivity contribution in [2.45, 2.75) is 32.1 Å². The average Bonchev–Trinajstić information content (AvgIpc) is 2.49. The molecule has 0 saturated heterocycles. The standard InChI is InChI=1S/C18H20BrN/c1-13-6-4-11-17(18(13)19)20-12-15-9-5-8-14-7-2-3-10-16(14)15/h2-4,6-7,10-11,15,20H,5,8-9,12H2,1H3. The number of anilines is 1. The first-order chi connectivity index (χ1) is 9.75. The van der Waals surface area contributed by atoms with Crippen molar-refractivity contribution in [1.29, 1.82) is 0 Å². The van der Waals surface area contributed by atoms with Crippen LogP contribution in [0, 0.1) is 6.92 Å². The second kappa shape index (κ2) is 6.01. The van der Waals surface area contributed by atoms with Crippen molar-refractivity contribution in [3.8, 4) is 0 Å². The Bertz CT molecular complexity index is 606. The minimum Gasteiger partial charge on any atom is -0.384 e. The van der Waals surface area contributed by atoms with Gasteiger partial charge in [-0.15, -0.1) is 0 Å². The van der Waals surface area contributed by atoms with Gasteiger partial charge in [0.1, 0.15) is 0 Å². The first-order valence-corrected chi connectivity index (χ1v) is 8.12. The second-order valence-electron chi connectivity index (χ2n) is 5.61. The minimum absolute atomic E-state index is 0.632. The lowest BCUT2D eigenvalue weighted by molar-refractivity contribution is 0.571. The number of fused-ring (bicyclic) bond motifs is 1. The molecule has 0 radical (unpaired) electrons. The molecule has 0 fully saturated rings. The van der Waals surface area contributed by atoms with E-state index in [4.69, 9.17) is 0 Å². The number of halogens is 1. The van der Waals surface area contributed by atoms with Gasteiger partial charge in [-0.2, -0.15) is 0 Å². The van der Waals surface area contributed by atoms with Crippen molar-refractivity contribution in [3.05, 3.63) is 63.6 Å². The van der Waals surface area contributed by atoms with E-state index in [1.807, 2.05) is 0 Å². The van der Waals surface area contributed by atoms with Gasteiger partial charge in [-0.1, -0.05) is 36.4 Å². The highest BCUT2D eigenvalue weighted by Crippen LogP contribution is 2.33. The van der Waals surface area contributed by atoms with Crippen molar-refractivity contribution in [2.75, 3.05) is 11.9 Å². The number of hydrogen-bond donors (Lipinski definition) is 1. The third kappa shape index (κ3) is 2.76. The Morgan fingerprint density at radius 2 is 2.00 bits per heavy atom. The van der Waals surface area contributed by atoms with Crippen LogP contribution in [-0.4, -0.2) is 6.54 Å². The largest absolute Gasteiger partial charge is 0.384 e. The molecule has 0 amide bonds. The minimum atomic E-state index is 0.632. The SMILES string of the molecule is Cc1cccc(NCC2CCCc3ccccc32)c1Br. The summed E-state index contributed by atoms with van der Waals surface area (Å²) in [4.78, 5) is 0. The molecule has 20 heavy (non-hydrogen) atoms. The predicted octanol–water partition coefficient (Wildman–Crippen LogP) is 5.29. The number of hydrogen-bond acceptors (Lipinski definition) is 1. The molecule has 1 aliphatic carbocycles. The fraction of sp³-hybridized carbons (Fsp3) is 0.333. The monoisotopic (exact) mass is 329 g/mol. The highest BCUT2D eigenvalue weighted by molar-refractivity contribution is 9.10. The van der Waals surface area contributed by atoms with E-state index in [0.29, 0.717) is 5.92 Å². The van der Waals surface area contributed by atoms with Crippen molar-refractivity contribution in [2.24, 2.45) is 0 Å². The Morgan fingerprint density at radius 1 is 1.15 bits per heavy atom. The third-order valence-corrected chi connectivity index (χ3v) is 5.28. The fourth-order valence-corrected chi connectivity index (χ4v) is 3.49. The van der Waals surface area contributed by atoms with E-state index in [1.165, 1.54) is 46.1 Å². The smallest absolute Gasteiger partial charge is 0.0487 e. The Labute approximate surface area is 129 Å². The zero-order valence-corrected chi connectivity index (χ0v) is 13.4. The van der Waals surface area contributed by atoms with Gasteiger partial charge >= 0.3 is 0 Å². The summed E-state index contributed by atoms with van der Waals surface area (Å²) in [5, 5.41) is 3.62. The van der Waals surface area contributed by atoms with Crippen LogP contribution in [0.1, 0.15) is 35.4 Å². The van der Waals surface area contributed by atoms with Crippen LogP contribution in [0.5, 0.6) is 0 Å². The lowest BCUT2D eigenvalue weighted by atomic mass is 9.83. The van der Waals surface area contributed by atoms with Gasteiger partial charge in [0, 0.05) is 22.6 Å². The molecule has 2 aromatic rings. The maximum atomic E-state index is 3.67. The van der Waals surface area contributed by atoms with Crippen molar-refractivity contribution < 1.29 is 0 Å². The average molecular weight is 330 g/mol. The summed E-state index contributed by atoms with van der Waals surface area (Å²) >= 11 is 3.67. The Balaban J connectivity index is 1.75. The van der Waals surface area contributed by atoms with E-state index in [2.05, 4.69) is 70.6 Å². The Hall–Kier alpha value is -1.28. The summed E-state index contributed by atoms with van der Waals surface area (Å²) in [6.45, 7) is 3.14. The number of rotatable bonds is 3. The first-order valence-electron chi connectivity index (χ1n) is 7.32. The van der Waals surface area contributed by atoms with Crippen molar-refractivity contribution >= 4 is 21.6 Å². The Morgan fingerprint density at radius 3 is 2.90 bits per heavy atom. The van der Waals surface area contributed by atoms with Gasteiger partial charge < -0.3 is 5.32 Å². The summed E-state index contributed by atoms with van der Waals surface area (Å²) in [6, 6.07) is 15.3. The molecular weight excluding hydrogens is 310 g/mol. The summed E-state index contributed by atoms with van der Waals surface area (Å²) in [5.41, 5.74) is 5.55. The van der Waals surface area contributed by atoms with Crippen LogP contribution in [0.25, 0.3) is 0 Å². The van der Waals surface area contributed by atoms with Crippen LogP contribution in [-0.2, 0) is 6.42 Å². The highest BCUT2D eigenvalue weighted by Gasteiger charge is 2.19. The Kier molecular flexibility index (Phi) is 4.11. The molecule has 1 nitrogen and oxygen atoms in total. The van der Waals surface area contributed by atoms with E-state index in [0.717, 1.165) is 6.54 Å². The van der Waals surface area contributed by atoms with Crippen LogP contribution in [0.3, 0.4) is 0 Å². The summed E-state index contributed by atoms with van der Waals surface area (Å²) in [5.74, 6) is 0.632. The molecule has 1 aliphatic rings. The second-order valence-corrected chi connectivity index (χ2v) is 6.40. The summed E-state index contributed by atoms with van der Waals surface area (Å²) in [6.07, 6.45) is 3.83. The van der Waals surface area contributed by atoms with Gasteiger partial charge in [-0.05, 0) is 64.9 Å². The normalized spacial score (nSPS) is 17.6. The van der Waals surface area contributed by atoms with Gasteiger partial charge in [0.2, 0.25) is 0 Å². The van der Waals surface area contributed by atoms with Gasteiger partial charge in [0.25, 0.3) is 0 Å². The molecule has 2 heteroatoms. The molecule has 0 spiro atoms. The van der Waals surface area contributed by atoms with Gasteiger partial charge in [0.15, 0.2) is 0 Å². The molecule has 2 aromatic carbocycles. The van der Waals surface area contributed by atoms with Crippen molar-refractivity contribution in [1.82, 2.24) is 0 Å². The predicted molar refractivity (Wildman–Crippen MR) is 89.5 cm³/mol. The van der Waals surface area contributed by atoms with Crippen LogP contribution in [0.4, 0.5) is 5.69 Å². The van der Waals surface area contributed by atoms with Crippen LogP contribution in [0.2, 0.25) is 0 Å². The molecule has 1 atom stereocenters. The summed E-state index contributed by atoms with van der Waals surface area (Å²) < 4.78 is 1.18. The lowest BCUT2D eigenvalue weighted by Crippen LogP contribution is -2.18. The molecule has 0 aromatic heterocycles. The molecular formula is C18H20BrN. The van der Waals surface area contributed by atoms with E-state index in [1.54, 1.807) is 0 Å². The zero-order chi connectivity index (χ0) is 13.9.